The van der Waals surface area contributed by atoms with Crippen molar-refractivity contribution in [1.82, 2.24) is 14.8 Å². The van der Waals surface area contributed by atoms with E-state index in [1.807, 2.05) is 17.7 Å². The van der Waals surface area contributed by atoms with Gasteiger partial charge in [0.05, 0.1) is 11.8 Å². The number of rotatable bonds is 5. The number of aliphatic hydroxyl groups excluding tert-OH is 1. The van der Waals surface area contributed by atoms with Crippen molar-refractivity contribution in [2.24, 2.45) is 0 Å². The predicted molar refractivity (Wildman–Crippen MR) is 74.9 cm³/mol. The first-order valence-corrected chi connectivity index (χ1v) is 6.79. The Morgan fingerprint density at radius 1 is 1.37 bits per heavy atom. The first-order valence-electron chi connectivity index (χ1n) is 6.79. The Morgan fingerprint density at radius 2 is 2.16 bits per heavy atom. The normalized spacial score (nSPS) is 12.6. The lowest BCUT2D eigenvalue weighted by Crippen LogP contribution is -2.09. The van der Waals surface area contributed by atoms with Crippen LogP contribution in [0.15, 0.2) is 24.5 Å². The molecule has 2 aromatic heterocycles. The van der Waals surface area contributed by atoms with E-state index < -0.39 is 6.10 Å². The lowest BCUT2D eigenvalue weighted by Gasteiger charge is -2.13. The van der Waals surface area contributed by atoms with Crippen molar-refractivity contribution in [2.75, 3.05) is 0 Å². The summed E-state index contributed by atoms with van der Waals surface area (Å²) in [5.41, 5.74) is 4.12. The Morgan fingerprint density at radius 3 is 2.79 bits per heavy atom. The molecule has 4 nitrogen and oxygen atoms in total. The first kappa shape index (κ1) is 13.7. The molecule has 2 rings (SSSR count). The van der Waals surface area contributed by atoms with E-state index in [1.54, 1.807) is 12.4 Å². The molecular formula is C15H21N3O. The van der Waals surface area contributed by atoms with Crippen molar-refractivity contribution >= 4 is 0 Å². The van der Waals surface area contributed by atoms with Gasteiger partial charge in [-0.05, 0) is 38.0 Å². The van der Waals surface area contributed by atoms with E-state index in [-0.39, 0.29) is 0 Å². The summed E-state index contributed by atoms with van der Waals surface area (Å²) in [4.78, 5) is 4.09. The zero-order valence-corrected chi connectivity index (χ0v) is 11.8. The van der Waals surface area contributed by atoms with Gasteiger partial charge in [-0.25, -0.2) is 0 Å². The number of aromatic nitrogens is 3. The van der Waals surface area contributed by atoms with Crippen LogP contribution in [-0.2, 0) is 19.4 Å². The van der Waals surface area contributed by atoms with Crippen molar-refractivity contribution in [1.29, 1.82) is 0 Å². The van der Waals surface area contributed by atoms with Gasteiger partial charge in [-0.2, -0.15) is 5.10 Å². The Labute approximate surface area is 114 Å². The largest absolute Gasteiger partial charge is 0.388 e. The Bertz CT molecular complexity index is 548. The highest BCUT2D eigenvalue weighted by Gasteiger charge is 2.15. The van der Waals surface area contributed by atoms with Gasteiger partial charge in [0, 0.05) is 36.6 Å². The summed E-state index contributed by atoms with van der Waals surface area (Å²) in [5.74, 6) is 0. The topological polar surface area (TPSA) is 50.9 Å². The maximum Gasteiger partial charge on any atom is 0.0862 e. The van der Waals surface area contributed by atoms with Crippen LogP contribution >= 0.6 is 0 Å². The van der Waals surface area contributed by atoms with Crippen molar-refractivity contribution in [2.45, 2.75) is 46.3 Å². The van der Waals surface area contributed by atoms with Crippen LogP contribution < -0.4 is 0 Å². The highest BCUT2D eigenvalue weighted by Crippen LogP contribution is 2.21. The molecule has 19 heavy (non-hydrogen) atoms. The van der Waals surface area contributed by atoms with Crippen LogP contribution in [0.1, 0.15) is 42.5 Å². The Hall–Kier alpha value is -1.68. The van der Waals surface area contributed by atoms with Crippen LogP contribution in [-0.4, -0.2) is 19.9 Å². The van der Waals surface area contributed by atoms with Gasteiger partial charge in [0.2, 0.25) is 0 Å². The van der Waals surface area contributed by atoms with E-state index in [9.17, 15) is 5.11 Å². The lowest BCUT2D eigenvalue weighted by atomic mass is 10.0. The zero-order valence-electron chi connectivity index (χ0n) is 11.8. The second kappa shape index (κ2) is 5.97. The SMILES string of the molecule is CCc1cc(CC(O)c2cnccc2C)n(CC)n1. The lowest BCUT2D eigenvalue weighted by molar-refractivity contribution is 0.174. The van der Waals surface area contributed by atoms with E-state index in [0.29, 0.717) is 6.42 Å². The molecule has 0 aliphatic carbocycles. The molecule has 2 heterocycles. The van der Waals surface area contributed by atoms with E-state index in [4.69, 9.17) is 0 Å². The molecule has 0 saturated carbocycles. The number of hydrogen-bond donors (Lipinski definition) is 1. The van der Waals surface area contributed by atoms with Gasteiger partial charge in [-0.1, -0.05) is 6.92 Å². The third-order valence-electron chi connectivity index (χ3n) is 3.42. The maximum absolute atomic E-state index is 10.4. The number of aryl methyl sites for hydroxylation is 3. The molecule has 2 aromatic rings. The molecule has 0 fully saturated rings. The minimum atomic E-state index is -0.527. The van der Waals surface area contributed by atoms with Gasteiger partial charge < -0.3 is 5.11 Å². The fourth-order valence-electron chi connectivity index (χ4n) is 2.26. The summed E-state index contributed by atoms with van der Waals surface area (Å²) in [6.45, 7) is 6.98. The van der Waals surface area contributed by atoms with Crippen LogP contribution in [0.2, 0.25) is 0 Å². The van der Waals surface area contributed by atoms with Crippen LogP contribution in [0.3, 0.4) is 0 Å². The number of aliphatic hydroxyl groups is 1. The fraction of sp³-hybridized carbons (Fsp3) is 0.467. The minimum Gasteiger partial charge on any atom is -0.388 e. The van der Waals surface area contributed by atoms with E-state index >= 15 is 0 Å². The second-order valence-corrected chi connectivity index (χ2v) is 4.75. The molecule has 1 atom stereocenters. The average molecular weight is 259 g/mol. The zero-order chi connectivity index (χ0) is 13.8. The molecule has 0 bridgehead atoms. The maximum atomic E-state index is 10.4. The quantitative estimate of drug-likeness (QED) is 0.897. The third-order valence-corrected chi connectivity index (χ3v) is 3.42. The highest BCUT2D eigenvalue weighted by molar-refractivity contribution is 5.25. The number of pyridine rings is 1. The summed E-state index contributed by atoms with van der Waals surface area (Å²) < 4.78 is 1.97. The molecular weight excluding hydrogens is 238 g/mol. The van der Waals surface area contributed by atoms with Crippen molar-refractivity contribution in [3.8, 4) is 0 Å². The summed E-state index contributed by atoms with van der Waals surface area (Å²) in [6, 6.07) is 4.01. The molecule has 0 saturated heterocycles. The molecule has 0 radical (unpaired) electrons. The van der Waals surface area contributed by atoms with E-state index in [1.165, 1.54) is 0 Å². The third kappa shape index (κ3) is 3.01. The fourth-order valence-corrected chi connectivity index (χ4v) is 2.26. The Kier molecular flexibility index (Phi) is 4.32. The number of nitrogens with zero attached hydrogens (tertiary/aromatic N) is 3. The van der Waals surface area contributed by atoms with Crippen LogP contribution in [0, 0.1) is 6.92 Å². The van der Waals surface area contributed by atoms with Gasteiger partial charge in [-0.3, -0.25) is 9.67 Å². The summed E-state index contributed by atoms with van der Waals surface area (Å²) in [7, 11) is 0. The molecule has 0 amide bonds. The van der Waals surface area contributed by atoms with Gasteiger partial charge in [0.1, 0.15) is 0 Å². The van der Waals surface area contributed by atoms with Crippen LogP contribution in [0.5, 0.6) is 0 Å². The average Bonchev–Trinajstić information content (AvgIpc) is 2.81. The van der Waals surface area contributed by atoms with Gasteiger partial charge >= 0.3 is 0 Å². The van der Waals surface area contributed by atoms with Crippen molar-refractivity contribution in [3.05, 3.63) is 47.0 Å². The smallest absolute Gasteiger partial charge is 0.0862 e. The molecule has 1 N–H and O–H groups in total. The van der Waals surface area contributed by atoms with E-state index in [2.05, 4.69) is 30.0 Å². The molecule has 0 aromatic carbocycles. The van der Waals surface area contributed by atoms with Gasteiger partial charge in [0.15, 0.2) is 0 Å². The number of hydrogen-bond acceptors (Lipinski definition) is 3. The monoisotopic (exact) mass is 259 g/mol. The first-order chi connectivity index (χ1) is 9.15. The second-order valence-electron chi connectivity index (χ2n) is 4.75. The molecule has 0 aliphatic heterocycles. The summed E-state index contributed by atoms with van der Waals surface area (Å²) in [6.07, 6.45) is 4.46. The molecule has 0 aliphatic rings. The van der Waals surface area contributed by atoms with Gasteiger partial charge in [0.25, 0.3) is 0 Å². The van der Waals surface area contributed by atoms with Gasteiger partial charge in [-0.15, -0.1) is 0 Å². The highest BCUT2D eigenvalue weighted by atomic mass is 16.3. The van der Waals surface area contributed by atoms with Crippen molar-refractivity contribution in [3.63, 3.8) is 0 Å². The minimum absolute atomic E-state index is 0.527. The Balaban J connectivity index is 2.21. The summed E-state index contributed by atoms with van der Waals surface area (Å²) >= 11 is 0. The molecule has 102 valence electrons. The molecule has 4 heteroatoms. The summed E-state index contributed by atoms with van der Waals surface area (Å²) in [5, 5.41) is 14.9. The van der Waals surface area contributed by atoms with E-state index in [0.717, 1.165) is 35.5 Å². The van der Waals surface area contributed by atoms with Crippen molar-refractivity contribution < 1.29 is 5.11 Å². The van der Waals surface area contributed by atoms with Crippen LogP contribution in [0.25, 0.3) is 0 Å². The van der Waals surface area contributed by atoms with Crippen LogP contribution in [0.4, 0.5) is 0 Å². The standard InChI is InChI=1S/C15H21N3O/c1-4-12-8-13(18(5-2)17-12)9-15(19)14-10-16-7-6-11(14)3/h6-8,10,15,19H,4-5,9H2,1-3H3. The predicted octanol–water partition coefficient (Wildman–Crippen LogP) is 2.44. The molecule has 1 unspecified atom stereocenters. The molecule has 0 spiro atoms.